The second-order valence-corrected chi connectivity index (χ2v) is 5.23. The van der Waals surface area contributed by atoms with Crippen LogP contribution in [0.1, 0.15) is 43.0 Å². The molecule has 0 radical (unpaired) electrons. The third-order valence-electron chi connectivity index (χ3n) is 4.18. The lowest BCUT2D eigenvalue weighted by atomic mass is 9.74. The largest absolute Gasteiger partial charge is 0.497 e. The number of nitrogen functional groups attached to an aromatic ring is 1. The molecule has 0 heterocycles. The van der Waals surface area contributed by atoms with Crippen LogP contribution >= 0.6 is 0 Å². The fourth-order valence-electron chi connectivity index (χ4n) is 2.55. The number of hydrogen-bond donors (Lipinski definition) is 2. The summed E-state index contributed by atoms with van der Waals surface area (Å²) in [5.74, 6) is 0.843. The van der Waals surface area contributed by atoms with Crippen molar-refractivity contribution in [3.8, 4) is 11.5 Å². The average Bonchev–Trinajstić information content (AvgIpc) is 2.42. The summed E-state index contributed by atoms with van der Waals surface area (Å²) in [4.78, 5) is 12.5. The number of nitrogens with one attached hydrogen (secondary N) is 1. The predicted molar refractivity (Wildman–Crippen MR) is 78.3 cm³/mol. The van der Waals surface area contributed by atoms with Crippen molar-refractivity contribution in [2.75, 3.05) is 20.0 Å². The van der Waals surface area contributed by atoms with Crippen molar-refractivity contribution >= 4 is 11.6 Å². The highest BCUT2D eigenvalue weighted by Gasteiger charge is 2.37. The molecule has 1 aromatic rings. The van der Waals surface area contributed by atoms with Crippen LogP contribution in [0, 0.1) is 0 Å². The summed E-state index contributed by atoms with van der Waals surface area (Å²) in [5, 5.41) is 3.11. The molecule has 1 aromatic carbocycles. The van der Waals surface area contributed by atoms with Crippen LogP contribution in [-0.4, -0.2) is 25.7 Å². The van der Waals surface area contributed by atoms with Gasteiger partial charge in [-0.2, -0.15) is 0 Å². The number of benzene rings is 1. The zero-order valence-electron chi connectivity index (χ0n) is 12.3. The predicted octanol–water partition coefficient (Wildman–Crippen LogP) is 2.35. The Morgan fingerprint density at radius 2 is 2.05 bits per heavy atom. The Hall–Kier alpha value is -1.91. The zero-order valence-corrected chi connectivity index (χ0v) is 12.3. The molecule has 0 unspecified atom stereocenters. The first-order valence-corrected chi connectivity index (χ1v) is 6.89. The molecule has 20 heavy (non-hydrogen) atoms. The van der Waals surface area contributed by atoms with Crippen LogP contribution in [0.25, 0.3) is 0 Å². The first kappa shape index (κ1) is 14.5. The zero-order chi connectivity index (χ0) is 14.8. The molecule has 1 amide bonds. The Balaban J connectivity index is 2.29. The molecule has 0 aromatic heterocycles. The maximum atomic E-state index is 12.5. The maximum absolute atomic E-state index is 12.5. The van der Waals surface area contributed by atoms with Gasteiger partial charge in [-0.05, 0) is 31.7 Å². The molecule has 1 aliphatic rings. The molecule has 0 saturated heterocycles. The van der Waals surface area contributed by atoms with Crippen LogP contribution in [0.2, 0.25) is 0 Å². The van der Waals surface area contributed by atoms with E-state index in [9.17, 15) is 4.79 Å². The molecule has 1 saturated carbocycles. The van der Waals surface area contributed by atoms with Crippen molar-refractivity contribution in [1.29, 1.82) is 0 Å². The van der Waals surface area contributed by atoms with Crippen LogP contribution < -0.4 is 20.5 Å². The van der Waals surface area contributed by atoms with Gasteiger partial charge in [0.2, 0.25) is 0 Å². The summed E-state index contributed by atoms with van der Waals surface area (Å²) in [5.41, 5.74) is 6.67. The molecule has 3 N–H and O–H groups in total. The van der Waals surface area contributed by atoms with Crippen LogP contribution in [0.15, 0.2) is 12.1 Å². The smallest absolute Gasteiger partial charge is 0.254 e. The van der Waals surface area contributed by atoms with E-state index in [1.54, 1.807) is 19.2 Å². The highest BCUT2D eigenvalue weighted by atomic mass is 16.5. The second kappa shape index (κ2) is 5.61. The lowest BCUT2D eigenvalue weighted by Crippen LogP contribution is -2.53. The summed E-state index contributed by atoms with van der Waals surface area (Å²) >= 11 is 0. The molecule has 5 heteroatoms. The number of carbonyl (C=O) groups is 1. The van der Waals surface area contributed by atoms with E-state index in [0.717, 1.165) is 25.7 Å². The molecule has 1 aliphatic carbocycles. The Kier molecular flexibility index (Phi) is 4.06. The van der Waals surface area contributed by atoms with E-state index in [1.165, 1.54) is 7.11 Å². The highest BCUT2D eigenvalue weighted by molar-refractivity contribution is 6.01. The summed E-state index contributed by atoms with van der Waals surface area (Å²) in [6.45, 7) is 2.09. The van der Waals surface area contributed by atoms with Gasteiger partial charge in [0.1, 0.15) is 11.5 Å². The van der Waals surface area contributed by atoms with Crippen molar-refractivity contribution < 1.29 is 14.3 Å². The minimum absolute atomic E-state index is 0.0696. The van der Waals surface area contributed by atoms with Crippen molar-refractivity contribution in [3.63, 3.8) is 0 Å². The van der Waals surface area contributed by atoms with Gasteiger partial charge in [-0.1, -0.05) is 6.92 Å². The van der Waals surface area contributed by atoms with Crippen LogP contribution in [0.5, 0.6) is 11.5 Å². The highest BCUT2D eigenvalue weighted by Crippen LogP contribution is 2.36. The fraction of sp³-hybridized carbons (Fsp3) is 0.533. The summed E-state index contributed by atoms with van der Waals surface area (Å²) < 4.78 is 10.4. The SMILES string of the molecule is CCC1(NC(=O)c2cc(OC)cc(OC)c2N)CCC1. The standard InChI is InChI=1S/C15H22N2O3/c1-4-15(6-5-7-15)17-14(18)11-8-10(19-2)9-12(20-3)13(11)16/h8-9H,4-7,16H2,1-3H3,(H,17,18). The Morgan fingerprint density at radius 3 is 2.50 bits per heavy atom. The monoisotopic (exact) mass is 278 g/mol. The van der Waals surface area contributed by atoms with Gasteiger partial charge < -0.3 is 20.5 Å². The number of ether oxygens (including phenoxy) is 2. The summed E-state index contributed by atoms with van der Waals surface area (Å²) in [6.07, 6.45) is 4.14. The normalized spacial score (nSPS) is 16.1. The lowest BCUT2D eigenvalue weighted by molar-refractivity contribution is 0.0820. The number of rotatable bonds is 5. The average molecular weight is 278 g/mol. The number of hydrogen-bond acceptors (Lipinski definition) is 4. The van der Waals surface area contributed by atoms with Gasteiger partial charge in [0.15, 0.2) is 0 Å². The van der Waals surface area contributed by atoms with Crippen LogP contribution in [0.3, 0.4) is 0 Å². The number of methoxy groups -OCH3 is 2. The minimum Gasteiger partial charge on any atom is -0.497 e. The Morgan fingerprint density at radius 1 is 1.35 bits per heavy atom. The van der Waals surface area contributed by atoms with Gasteiger partial charge >= 0.3 is 0 Å². The quantitative estimate of drug-likeness (QED) is 0.811. The molecule has 5 nitrogen and oxygen atoms in total. The Labute approximate surface area is 119 Å². The molecule has 2 rings (SSSR count). The molecule has 110 valence electrons. The number of carbonyl (C=O) groups excluding carboxylic acids is 1. The number of anilines is 1. The van der Waals surface area contributed by atoms with Gasteiger partial charge in [0.05, 0.1) is 25.5 Å². The third-order valence-corrected chi connectivity index (χ3v) is 4.18. The number of nitrogens with two attached hydrogens (primary N) is 1. The molecule has 1 fully saturated rings. The lowest BCUT2D eigenvalue weighted by Gasteiger charge is -2.42. The molecule has 0 bridgehead atoms. The van der Waals surface area contributed by atoms with E-state index >= 15 is 0 Å². The molecule has 0 aliphatic heterocycles. The molecular formula is C15H22N2O3. The summed E-state index contributed by atoms with van der Waals surface area (Å²) in [7, 11) is 3.07. The van der Waals surface area contributed by atoms with E-state index in [4.69, 9.17) is 15.2 Å². The van der Waals surface area contributed by atoms with Crippen LogP contribution in [0.4, 0.5) is 5.69 Å². The number of amides is 1. The van der Waals surface area contributed by atoms with E-state index in [-0.39, 0.29) is 11.4 Å². The van der Waals surface area contributed by atoms with Crippen molar-refractivity contribution in [1.82, 2.24) is 5.32 Å². The topological polar surface area (TPSA) is 73.6 Å². The van der Waals surface area contributed by atoms with Gasteiger partial charge in [0, 0.05) is 11.6 Å². The van der Waals surface area contributed by atoms with Gasteiger partial charge in [0.25, 0.3) is 5.91 Å². The third kappa shape index (κ3) is 2.53. The second-order valence-electron chi connectivity index (χ2n) is 5.23. The Bertz CT molecular complexity index is 505. The first-order valence-electron chi connectivity index (χ1n) is 6.89. The van der Waals surface area contributed by atoms with E-state index in [2.05, 4.69) is 12.2 Å². The molecular weight excluding hydrogens is 256 g/mol. The van der Waals surface area contributed by atoms with Gasteiger partial charge in [-0.3, -0.25) is 4.79 Å². The van der Waals surface area contributed by atoms with Crippen LogP contribution in [-0.2, 0) is 0 Å². The van der Waals surface area contributed by atoms with Gasteiger partial charge in [-0.15, -0.1) is 0 Å². The van der Waals surface area contributed by atoms with E-state index < -0.39 is 0 Å². The maximum Gasteiger partial charge on any atom is 0.254 e. The van der Waals surface area contributed by atoms with Crippen molar-refractivity contribution in [2.24, 2.45) is 0 Å². The summed E-state index contributed by atoms with van der Waals surface area (Å²) in [6, 6.07) is 3.32. The van der Waals surface area contributed by atoms with Crippen molar-refractivity contribution in [3.05, 3.63) is 17.7 Å². The van der Waals surface area contributed by atoms with Gasteiger partial charge in [-0.25, -0.2) is 0 Å². The van der Waals surface area contributed by atoms with E-state index in [1.807, 2.05) is 0 Å². The minimum atomic E-state index is -0.166. The fourth-order valence-corrected chi connectivity index (χ4v) is 2.55. The molecule has 0 atom stereocenters. The molecule has 0 spiro atoms. The van der Waals surface area contributed by atoms with Crippen molar-refractivity contribution in [2.45, 2.75) is 38.1 Å². The van der Waals surface area contributed by atoms with E-state index in [0.29, 0.717) is 22.7 Å². The first-order chi connectivity index (χ1) is 9.55.